The van der Waals surface area contributed by atoms with E-state index in [2.05, 4.69) is 9.36 Å². The summed E-state index contributed by atoms with van der Waals surface area (Å²) in [5, 5.41) is 8.67. The smallest absolute Gasteiger partial charge is 0.416 e. The number of anilines is 1. The summed E-state index contributed by atoms with van der Waals surface area (Å²) in [6, 6.07) is 4.08. The highest BCUT2D eigenvalue weighted by Crippen LogP contribution is 2.35. The fraction of sp³-hybridized carbons (Fsp3) is 0.0625. The Morgan fingerprint density at radius 3 is 2.43 bits per heavy atom. The molecule has 1 N–H and O–H groups in total. The predicted molar refractivity (Wildman–Crippen MR) is 93.3 cm³/mol. The van der Waals surface area contributed by atoms with Gasteiger partial charge in [-0.15, -0.1) is 0 Å². The minimum atomic E-state index is -4.82. The van der Waals surface area contributed by atoms with Crippen molar-refractivity contribution in [3.8, 4) is 17.6 Å². The highest BCUT2D eigenvalue weighted by Gasteiger charge is 2.32. The molecule has 14 heteroatoms. The molecule has 0 fully saturated rings. The zero-order valence-corrected chi connectivity index (χ0v) is 15.9. The largest absolute Gasteiger partial charge is 0.454 e. The lowest BCUT2D eigenvalue weighted by Crippen LogP contribution is -2.15. The summed E-state index contributed by atoms with van der Waals surface area (Å²) in [4.78, 5) is 2.48. The molecule has 0 saturated carbocycles. The number of aromatic nitrogens is 2. The number of benzene rings is 2. The van der Waals surface area contributed by atoms with E-state index in [9.17, 15) is 30.4 Å². The van der Waals surface area contributed by atoms with Crippen molar-refractivity contribution in [2.45, 2.75) is 11.1 Å². The average Bonchev–Trinajstić information content (AvgIpc) is 3.15. The number of sulfonamides is 1. The number of alkyl halides is 3. The molecule has 0 aliphatic heterocycles. The molecule has 0 unspecified atom stereocenters. The maximum Gasteiger partial charge on any atom is 0.416 e. The van der Waals surface area contributed by atoms with E-state index in [1.165, 1.54) is 6.07 Å². The minimum Gasteiger partial charge on any atom is -0.454 e. The van der Waals surface area contributed by atoms with Crippen molar-refractivity contribution in [3.05, 3.63) is 59.4 Å². The first-order valence-electron chi connectivity index (χ1n) is 7.58. The summed E-state index contributed by atoms with van der Waals surface area (Å²) in [7, 11) is -4.57. The van der Waals surface area contributed by atoms with Gasteiger partial charge in [-0.3, -0.25) is 4.72 Å². The fourth-order valence-electron chi connectivity index (χ4n) is 2.20. The van der Waals surface area contributed by atoms with Crippen LogP contribution in [0.1, 0.15) is 11.1 Å². The summed E-state index contributed by atoms with van der Waals surface area (Å²) in [6.45, 7) is 0. The van der Waals surface area contributed by atoms with Crippen molar-refractivity contribution < 1.29 is 35.1 Å². The summed E-state index contributed by atoms with van der Waals surface area (Å²) in [6.07, 6.45) is -3.77. The minimum absolute atomic E-state index is 0.192. The number of ether oxygens (including phenoxy) is 1. The Labute approximate surface area is 169 Å². The number of halogens is 5. The van der Waals surface area contributed by atoms with Gasteiger partial charge in [0.15, 0.2) is 11.6 Å². The van der Waals surface area contributed by atoms with E-state index in [-0.39, 0.29) is 5.13 Å². The molecule has 0 bridgehead atoms. The maximum absolute atomic E-state index is 14.3. The number of nitrogens with one attached hydrogen (secondary N) is 1. The van der Waals surface area contributed by atoms with Crippen molar-refractivity contribution in [1.82, 2.24) is 9.36 Å². The zero-order valence-electron chi connectivity index (χ0n) is 14.2. The predicted octanol–water partition coefficient (Wildman–Crippen LogP) is 4.30. The number of hydrogen-bond donors (Lipinski definition) is 1. The second-order valence-electron chi connectivity index (χ2n) is 5.52. The number of hydrogen-bond acceptors (Lipinski definition) is 7. The van der Waals surface area contributed by atoms with Crippen molar-refractivity contribution in [2.75, 3.05) is 4.72 Å². The van der Waals surface area contributed by atoms with Crippen LogP contribution in [0.4, 0.5) is 27.1 Å². The van der Waals surface area contributed by atoms with Crippen LogP contribution in [0.15, 0.2) is 41.6 Å². The molecular weight excluding hydrogens is 455 g/mol. The van der Waals surface area contributed by atoms with Crippen molar-refractivity contribution in [3.63, 3.8) is 0 Å². The van der Waals surface area contributed by atoms with Crippen molar-refractivity contribution in [2.24, 2.45) is 0 Å². The Bertz CT molecular complexity index is 1240. The van der Waals surface area contributed by atoms with Gasteiger partial charge in [-0.25, -0.2) is 22.2 Å². The Kier molecular flexibility index (Phi) is 5.59. The van der Waals surface area contributed by atoms with Crippen LogP contribution in [-0.2, 0) is 16.2 Å². The topological polar surface area (TPSA) is 105 Å². The average molecular weight is 462 g/mol. The molecule has 3 rings (SSSR count). The second-order valence-corrected chi connectivity index (χ2v) is 7.95. The quantitative estimate of drug-likeness (QED) is 0.567. The van der Waals surface area contributed by atoms with Crippen molar-refractivity contribution in [1.29, 1.82) is 5.26 Å². The lowest BCUT2D eigenvalue weighted by Gasteiger charge is -2.13. The van der Waals surface area contributed by atoms with Gasteiger partial charge < -0.3 is 4.74 Å². The molecule has 1 aromatic heterocycles. The van der Waals surface area contributed by atoms with E-state index in [4.69, 9.17) is 10.00 Å². The second kappa shape index (κ2) is 7.84. The molecule has 0 spiro atoms. The third kappa shape index (κ3) is 4.63. The Hall–Kier alpha value is -3.31. The number of rotatable bonds is 5. The summed E-state index contributed by atoms with van der Waals surface area (Å²) in [5.41, 5.74) is -1.67. The summed E-state index contributed by atoms with van der Waals surface area (Å²) in [5.74, 6) is -4.28. The van der Waals surface area contributed by atoms with Gasteiger partial charge in [0.25, 0.3) is 10.0 Å². The summed E-state index contributed by atoms with van der Waals surface area (Å²) < 4.78 is 102. The summed E-state index contributed by atoms with van der Waals surface area (Å²) >= 11 is 0.656. The molecule has 156 valence electrons. The number of nitriles is 1. The van der Waals surface area contributed by atoms with E-state index in [1.807, 2.05) is 4.72 Å². The van der Waals surface area contributed by atoms with E-state index in [1.54, 1.807) is 0 Å². The van der Waals surface area contributed by atoms with E-state index >= 15 is 0 Å². The van der Waals surface area contributed by atoms with Crippen LogP contribution in [0.5, 0.6) is 11.5 Å². The van der Waals surface area contributed by atoms with E-state index < -0.39 is 55.4 Å². The highest BCUT2D eigenvalue weighted by molar-refractivity contribution is 7.93. The molecule has 30 heavy (non-hydrogen) atoms. The van der Waals surface area contributed by atoms with Crippen LogP contribution in [0.25, 0.3) is 0 Å². The molecule has 0 aliphatic carbocycles. The number of nitrogens with zero attached hydrogens (tertiary/aromatic N) is 3. The molecule has 0 saturated heterocycles. The van der Waals surface area contributed by atoms with Gasteiger partial charge in [0, 0.05) is 23.7 Å². The molecule has 0 atom stereocenters. The first-order valence-corrected chi connectivity index (χ1v) is 9.84. The Morgan fingerprint density at radius 1 is 1.10 bits per heavy atom. The molecule has 0 radical (unpaired) electrons. The van der Waals surface area contributed by atoms with E-state index in [0.29, 0.717) is 35.8 Å². The van der Waals surface area contributed by atoms with Gasteiger partial charge in [0.2, 0.25) is 5.13 Å². The van der Waals surface area contributed by atoms with Crippen LogP contribution < -0.4 is 9.46 Å². The first kappa shape index (κ1) is 21.4. The van der Waals surface area contributed by atoms with Crippen LogP contribution in [0.2, 0.25) is 0 Å². The first-order chi connectivity index (χ1) is 14.0. The Morgan fingerprint density at radius 2 is 1.83 bits per heavy atom. The van der Waals surface area contributed by atoms with Gasteiger partial charge in [-0.2, -0.15) is 22.8 Å². The van der Waals surface area contributed by atoms with Crippen LogP contribution in [0.3, 0.4) is 0 Å². The molecule has 0 amide bonds. The van der Waals surface area contributed by atoms with Gasteiger partial charge in [0.1, 0.15) is 22.8 Å². The molecule has 7 nitrogen and oxygen atoms in total. The van der Waals surface area contributed by atoms with Crippen molar-refractivity contribution >= 4 is 26.7 Å². The van der Waals surface area contributed by atoms with Gasteiger partial charge in [0.05, 0.1) is 17.2 Å². The van der Waals surface area contributed by atoms with Gasteiger partial charge in [-0.1, -0.05) is 0 Å². The normalized spacial score (nSPS) is 11.7. The molecular formula is C16H7F5N4O3S2. The standard InChI is InChI=1S/C16H7F5N4O3S2/c17-11-5-14(30(26,27)25-15-23-7-24-29-15)12(18)4-13(11)28-10-2-8(6-22)1-9(3-10)16(19,20)21/h1-5,7H,(H,23,24,25). The maximum atomic E-state index is 14.3. The zero-order chi connectivity index (χ0) is 22.1. The lowest BCUT2D eigenvalue weighted by molar-refractivity contribution is -0.137. The highest BCUT2D eigenvalue weighted by atomic mass is 32.2. The van der Waals surface area contributed by atoms with Gasteiger partial charge >= 0.3 is 6.18 Å². The molecule has 2 aromatic carbocycles. The SMILES string of the molecule is N#Cc1cc(Oc2cc(F)c(S(=O)(=O)Nc3ncns3)cc2F)cc(C(F)(F)F)c1. The molecule has 1 heterocycles. The van der Waals surface area contributed by atoms with Gasteiger partial charge in [-0.05, 0) is 18.2 Å². The van der Waals surface area contributed by atoms with E-state index in [0.717, 1.165) is 12.4 Å². The lowest BCUT2D eigenvalue weighted by atomic mass is 10.1. The Balaban J connectivity index is 1.96. The molecule has 3 aromatic rings. The third-order valence-corrected chi connectivity index (χ3v) is 5.51. The van der Waals surface area contributed by atoms with Crippen LogP contribution in [-0.4, -0.2) is 17.8 Å². The monoisotopic (exact) mass is 462 g/mol. The third-order valence-electron chi connectivity index (χ3n) is 3.45. The van der Waals surface area contributed by atoms with Crippen LogP contribution in [0, 0.1) is 23.0 Å². The molecule has 0 aliphatic rings. The fourth-order valence-corrected chi connectivity index (χ4v) is 3.93. The van der Waals surface area contributed by atoms with Crippen LogP contribution >= 0.6 is 11.5 Å².